The number of aliphatic carboxylic acids is 1. The first-order valence-electron chi connectivity index (χ1n) is 5.48. The number of nitrogens with one attached hydrogen (secondary N) is 1. The molecule has 0 atom stereocenters. The highest BCUT2D eigenvalue weighted by Gasteiger charge is 2.13. The number of aromatic amines is 1. The lowest BCUT2D eigenvalue weighted by atomic mass is 10.1. The van der Waals surface area contributed by atoms with Crippen LogP contribution >= 0.6 is 34.8 Å². The maximum atomic E-state index is 12.0. The first-order chi connectivity index (χ1) is 9.40. The Morgan fingerprint density at radius 2 is 1.70 bits per heavy atom. The molecule has 0 fully saturated rings. The van der Waals surface area contributed by atoms with Crippen molar-refractivity contribution in [1.29, 1.82) is 0 Å². The Hall–Kier alpha value is -1.49. The number of H-pyrrole nitrogens is 1. The third-order valence-electron chi connectivity index (χ3n) is 2.64. The molecule has 0 spiro atoms. The second-order valence-electron chi connectivity index (χ2n) is 4.02. The summed E-state index contributed by atoms with van der Waals surface area (Å²) in [5.41, 5.74) is 0.596. The summed E-state index contributed by atoms with van der Waals surface area (Å²) in [5.74, 6) is -1.03. The second-order valence-corrected chi connectivity index (χ2v) is 5.18. The van der Waals surface area contributed by atoms with Crippen LogP contribution < -0.4 is 5.56 Å². The van der Waals surface area contributed by atoms with Gasteiger partial charge in [0.2, 0.25) is 0 Å². The van der Waals surface area contributed by atoms with E-state index in [1.165, 1.54) is 18.2 Å². The summed E-state index contributed by atoms with van der Waals surface area (Å²) in [6.45, 7) is 0. The van der Waals surface area contributed by atoms with Crippen LogP contribution in [0.25, 0.3) is 11.1 Å². The maximum absolute atomic E-state index is 12.0. The molecular weight excluding hydrogens is 325 g/mol. The summed E-state index contributed by atoms with van der Waals surface area (Å²) < 4.78 is 0. The minimum atomic E-state index is -1.03. The number of carboxylic acid groups (broad SMARTS) is 1. The van der Waals surface area contributed by atoms with E-state index in [1.807, 2.05) is 0 Å². The van der Waals surface area contributed by atoms with E-state index in [-0.39, 0.29) is 16.5 Å². The van der Waals surface area contributed by atoms with Gasteiger partial charge in [-0.2, -0.15) is 0 Å². The average molecular weight is 333 g/mol. The predicted molar refractivity (Wildman–Crippen MR) is 78.9 cm³/mol. The van der Waals surface area contributed by atoms with E-state index in [2.05, 4.69) is 4.98 Å². The normalized spacial score (nSPS) is 10.6. The van der Waals surface area contributed by atoms with Gasteiger partial charge in [-0.25, -0.2) is 0 Å². The molecule has 0 saturated carbocycles. The van der Waals surface area contributed by atoms with Crippen molar-refractivity contribution in [2.24, 2.45) is 0 Å². The number of pyridine rings is 1. The van der Waals surface area contributed by atoms with Crippen LogP contribution in [0.5, 0.6) is 0 Å². The monoisotopic (exact) mass is 331 g/mol. The fourth-order valence-corrected chi connectivity index (χ4v) is 2.36. The third kappa shape index (κ3) is 2.98. The molecule has 4 nitrogen and oxygen atoms in total. The third-order valence-corrected chi connectivity index (χ3v) is 3.93. The largest absolute Gasteiger partial charge is 0.481 e. The van der Waals surface area contributed by atoms with Gasteiger partial charge in [0.1, 0.15) is 0 Å². The zero-order valence-electron chi connectivity index (χ0n) is 9.91. The van der Waals surface area contributed by atoms with Gasteiger partial charge in [0.05, 0.1) is 21.5 Å². The number of halogens is 3. The Morgan fingerprint density at radius 3 is 2.30 bits per heavy atom. The van der Waals surface area contributed by atoms with Crippen LogP contribution in [0.2, 0.25) is 15.1 Å². The Morgan fingerprint density at radius 1 is 1.05 bits per heavy atom. The number of carboxylic acids is 1. The highest BCUT2D eigenvalue weighted by molar-refractivity contribution is 6.49. The molecule has 0 aliphatic rings. The van der Waals surface area contributed by atoms with Gasteiger partial charge in [-0.05, 0) is 18.2 Å². The molecule has 0 aliphatic carbocycles. The molecule has 1 aromatic carbocycles. The lowest BCUT2D eigenvalue weighted by molar-refractivity contribution is -0.136. The predicted octanol–water partition coefficient (Wildman–Crippen LogP) is 3.63. The average Bonchev–Trinajstić information content (AvgIpc) is 2.37. The van der Waals surface area contributed by atoms with Gasteiger partial charge < -0.3 is 10.1 Å². The van der Waals surface area contributed by atoms with Gasteiger partial charge in [0.25, 0.3) is 5.56 Å². The first kappa shape index (κ1) is 14.9. The smallest absolute Gasteiger partial charge is 0.309 e. The minimum Gasteiger partial charge on any atom is -0.481 e. The topological polar surface area (TPSA) is 70.2 Å². The molecule has 2 aromatic rings. The molecule has 104 valence electrons. The first-order valence-corrected chi connectivity index (χ1v) is 6.61. The SMILES string of the molecule is O=C(O)Cc1ccc(-c2ccc(Cl)c(Cl)c2Cl)c(=O)[nH]1. The summed E-state index contributed by atoms with van der Waals surface area (Å²) >= 11 is 17.8. The molecule has 0 radical (unpaired) electrons. The van der Waals surface area contributed by atoms with Gasteiger partial charge in [-0.1, -0.05) is 40.9 Å². The van der Waals surface area contributed by atoms with Crippen molar-refractivity contribution in [3.8, 4) is 11.1 Å². The van der Waals surface area contributed by atoms with Crippen LogP contribution in [0, 0.1) is 0 Å². The number of rotatable bonds is 3. The van der Waals surface area contributed by atoms with Gasteiger partial charge >= 0.3 is 5.97 Å². The fraction of sp³-hybridized carbons (Fsp3) is 0.0769. The number of aromatic nitrogens is 1. The quantitative estimate of drug-likeness (QED) is 0.843. The van der Waals surface area contributed by atoms with Crippen molar-refractivity contribution in [2.75, 3.05) is 0 Å². The van der Waals surface area contributed by atoms with Gasteiger partial charge in [0, 0.05) is 16.8 Å². The van der Waals surface area contributed by atoms with Crippen LogP contribution in [-0.2, 0) is 11.2 Å². The lowest BCUT2D eigenvalue weighted by Gasteiger charge is -2.07. The Labute approximate surface area is 128 Å². The molecule has 0 aliphatic heterocycles. The number of benzene rings is 1. The molecule has 7 heteroatoms. The molecule has 20 heavy (non-hydrogen) atoms. The molecule has 1 heterocycles. The van der Waals surface area contributed by atoms with Crippen LogP contribution in [0.15, 0.2) is 29.1 Å². The van der Waals surface area contributed by atoms with Crippen LogP contribution in [0.4, 0.5) is 0 Å². The number of hydrogen-bond acceptors (Lipinski definition) is 2. The molecular formula is C13H8Cl3NO3. The fourth-order valence-electron chi connectivity index (χ4n) is 1.73. The highest BCUT2D eigenvalue weighted by atomic mass is 35.5. The zero-order chi connectivity index (χ0) is 14.9. The second kappa shape index (κ2) is 5.87. The van der Waals surface area contributed by atoms with Crippen molar-refractivity contribution in [3.05, 3.63) is 55.4 Å². The van der Waals surface area contributed by atoms with Crippen molar-refractivity contribution >= 4 is 40.8 Å². The minimum absolute atomic E-state index is 0.167. The van der Waals surface area contributed by atoms with Crippen LogP contribution in [0.3, 0.4) is 0 Å². The standard InChI is InChI=1S/C13H8Cl3NO3/c14-9-4-3-7(11(15)12(9)16)8-2-1-6(5-10(18)19)17-13(8)20/h1-4H,5H2,(H,17,20)(H,18,19). The van der Waals surface area contributed by atoms with Gasteiger partial charge in [-0.3, -0.25) is 9.59 Å². The molecule has 0 unspecified atom stereocenters. The summed E-state index contributed by atoms with van der Waals surface area (Å²) in [6, 6.07) is 6.14. The summed E-state index contributed by atoms with van der Waals surface area (Å²) in [4.78, 5) is 25.1. The number of carbonyl (C=O) groups is 1. The molecule has 0 amide bonds. The maximum Gasteiger partial charge on any atom is 0.309 e. The molecule has 0 bridgehead atoms. The van der Waals surface area contributed by atoms with E-state index in [1.54, 1.807) is 6.07 Å². The van der Waals surface area contributed by atoms with E-state index in [0.29, 0.717) is 21.8 Å². The van der Waals surface area contributed by atoms with Crippen molar-refractivity contribution in [3.63, 3.8) is 0 Å². The Balaban J connectivity index is 2.52. The van der Waals surface area contributed by atoms with E-state index in [0.717, 1.165) is 0 Å². The summed E-state index contributed by atoms with van der Waals surface area (Å²) in [7, 11) is 0. The Kier molecular flexibility index (Phi) is 4.38. The molecule has 1 aromatic heterocycles. The molecule has 2 rings (SSSR count). The van der Waals surface area contributed by atoms with Crippen molar-refractivity contribution in [1.82, 2.24) is 4.98 Å². The van der Waals surface area contributed by atoms with E-state index in [9.17, 15) is 9.59 Å². The van der Waals surface area contributed by atoms with Crippen molar-refractivity contribution < 1.29 is 9.90 Å². The molecule has 0 saturated heterocycles. The van der Waals surface area contributed by atoms with Crippen molar-refractivity contribution in [2.45, 2.75) is 6.42 Å². The van der Waals surface area contributed by atoms with E-state index in [4.69, 9.17) is 39.9 Å². The lowest BCUT2D eigenvalue weighted by Crippen LogP contribution is -2.13. The van der Waals surface area contributed by atoms with Crippen LogP contribution in [0.1, 0.15) is 5.69 Å². The van der Waals surface area contributed by atoms with E-state index < -0.39 is 11.5 Å². The van der Waals surface area contributed by atoms with E-state index >= 15 is 0 Å². The highest BCUT2D eigenvalue weighted by Crippen LogP contribution is 2.36. The Bertz CT molecular complexity index is 740. The van der Waals surface area contributed by atoms with Gasteiger partial charge in [0.15, 0.2) is 0 Å². The summed E-state index contributed by atoms with van der Waals surface area (Å²) in [5, 5.41) is 9.31. The summed E-state index contributed by atoms with van der Waals surface area (Å²) in [6.07, 6.45) is -0.259. The van der Waals surface area contributed by atoms with Gasteiger partial charge in [-0.15, -0.1) is 0 Å². The molecule has 2 N–H and O–H groups in total. The number of hydrogen-bond donors (Lipinski definition) is 2. The zero-order valence-corrected chi connectivity index (χ0v) is 12.2. The van der Waals surface area contributed by atoms with Crippen LogP contribution in [-0.4, -0.2) is 16.1 Å².